The molecule has 0 spiro atoms. The van der Waals surface area contributed by atoms with Crippen LogP contribution in [0.25, 0.3) is 0 Å². The van der Waals surface area contributed by atoms with Gasteiger partial charge in [0.25, 0.3) is 5.91 Å². The second-order valence-corrected chi connectivity index (χ2v) is 7.46. The van der Waals surface area contributed by atoms with Crippen molar-refractivity contribution >= 4 is 21.8 Å². The molecule has 1 N–H and O–H groups in total. The number of halogens is 1. The highest BCUT2D eigenvalue weighted by Crippen LogP contribution is 2.37. The first-order valence-electron chi connectivity index (χ1n) is 7.55. The summed E-state index contributed by atoms with van der Waals surface area (Å²) in [5, 5.41) is 3.12. The number of aromatic nitrogens is 1. The van der Waals surface area contributed by atoms with E-state index in [1.807, 2.05) is 12.3 Å². The maximum atomic E-state index is 12.4. The molecule has 0 aromatic carbocycles. The first kappa shape index (κ1) is 15.6. The third-order valence-corrected chi connectivity index (χ3v) is 4.63. The molecule has 0 aliphatic heterocycles. The van der Waals surface area contributed by atoms with Crippen LogP contribution in [0, 0.1) is 17.8 Å². The van der Waals surface area contributed by atoms with Gasteiger partial charge in [0, 0.05) is 23.3 Å². The van der Waals surface area contributed by atoms with Gasteiger partial charge in [-0.15, -0.1) is 0 Å². The van der Waals surface area contributed by atoms with E-state index in [0.717, 1.165) is 16.7 Å². The lowest BCUT2D eigenvalue weighted by Gasteiger charge is -2.25. The quantitative estimate of drug-likeness (QED) is 0.825. The number of hydrogen-bond donors (Lipinski definition) is 1. The average molecular weight is 341 g/mol. The molecule has 1 aliphatic carbocycles. The predicted molar refractivity (Wildman–Crippen MR) is 85.9 cm³/mol. The molecule has 2 rings (SSSR count). The summed E-state index contributed by atoms with van der Waals surface area (Å²) in [6.07, 6.45) is 4.39. The minimum Gasteiger partial charge on any atom is -0.350 e. The molecule has 0 saturated heterocycles. The molecule has 0 bridgehead atoms. The molecule has 1 fully saturated rings. The van der Waals surface area contributed by atoms with E-state index >= 15 is 0 Å². The summed E-state index contributed by atoms with van der Waals surface area (Å²) in [7, 11) is 0. The van der Waals surface area contributed by atoms with Crippen molar-refractivity contribution in [3.05, 3.63) is 22.4 Å². The van der Waals surface area contributed by atoms with Crippen LogP contribution >= 0.6 is 15.9 Å². The summed E-state index contributed by atoms with van der Waals surface area (Å²) >= 11 is 3.47. The molecule has 0 atom stereocenters. The highest BCUT2D eigenvalue weighted by Gasteiger charge is 2.28. The Morgan fingerprint density at radius 1 is 1.35 bits per heavy atom. The topological polar surface area (TPSA) is 34.0 Å². The van der Waals surface area contributed by atoms with Crippen molar-refractivity contribution in [1.82, 2.24) is 9.88 Å². The summed E-state index contributed by atoms with van der Waals surface area (Å²) in [5.41, 5.74) is 0.783. The van der Waals surface area contributed by atoms with Gasteiger partial charge >= 0.3 is 0 Å². The van der Waals surface area contributed by atoms with E-state index in [2.05, 4.69) is 53.5 Å². The van der Waals surface area contributed by atoms with Crippen LogP contribution in [-0.2, 0) is 0 Å². The number of rotatable bonds is 6. The number of carbonyl (C=O) groups excluding carboxylic acids is 1. The molecule has 1 saturated carbocycles. The van der Waals surface area contributed by atoms with Crippen LogP contribution in [0.1, 0.15) is 57.1 Å². The third-order valence-electron chi connectivity index (χ3n) is 4.20. The lowest BCUT2D eigenvalue weighted by atomic mass is 9.85. The standard InChI is InChI=1S/C16H25BrN2O/c1-10(2)14(11(3)4)8-18-16(20)15-7-12(17)9-19(15)13-5-6-13/h7,9-11,13-14H,5-6,8H2,1-4H3,(H,18,20). The van der Waals surface area contributed by atoms with Gasteiger partial charge < -0.3 is 9.88 Å². The van der Waals surface area contributed by atoms with Gasteiger partial charge in [0.15, 0.2) is 0 Å². The minimum absolute atomic E-state index is 0.0499. The van der Waals surface area contributed by atoms with E-state index in [1.54, 1.807) is 0 Å². The summed E-state index contributed by atoms with van der Waals surface area (Å²) in [5.74, 6) is 1.73. The first-order valence-corrected chi connectivity index (χ1v) is 8.35. The van der Waals surface area contributed by atoms with Crippen molar-refractivity contribution in [3.8, 4) is 0 Å². The smallest absolute Gasteiger partial charge is 0.267 e. The summed E-state index contributed by atoms with van der Waals surface area (Å²) < 4.78 is 3.10. The third kappa shape index (κ3) is 3.66. The van der Waals surface area contributed by atoms with Gasteiger partial charge in [-0.3, -0.25) is 4.79 Å². The molecule has 4 heteroatoms. The van der Waals surface area contributed by atoms with Gasteiger partial charge in [-0.2, -0.15) is 0 Å². The summed E-state index contributed by atoms with van der Waals surface area (Å²) in [6.45, 7) is 9.64. The fourth-order valence-electron chi connectivity index (χ4n) is 2.82. The summed E-state index contributed by atoms with van der Waals surface area (Å²) in [6, 6.07) is 2.45. The van der Waals surface area contributed by atoms with E-state index in [-0.39, 0.29) is 5.91 Å². The summed E-state index contributed by atoms with van der Waals surface area (Å²) in [4.78, 5) is 12.4. The van der Waals surface area contributed by atoms with E-state index in [4.69, 9.17) is 0 Å². The highest BCUT2D eigenvalue weighted by atomic mass is 79.9. The Kier molecular flexibility index (Phi) is 4.95. The van der Waals surface area contributed by atoms with Crippen molar-refractivity contribution in [2.24, 2.45) is 17.8 Å². The fourth-order valence-corrected chi connectivity index (χ4v) is 3.26. The van der Waals surface area contributed by atoms with Crippen LogP contribution in [0.3, 0.4) is 0 Å². The second kappa shape index (κ2) is 6.33. The van der Waals surface area contributed by atoms with Gasteiger partial charge in [0.05, 0.1) is 0 Å². The maximum absolute atomic E-state index is 12.4. The van der Waals surface area contributed by atoms with Crippen molar-refractivity contribution in [3.63, 3.8) is 0 Å². The van der Waals surface area contributed by atoms with Crippen molar-refractivity contribution in [1.29, 1.82) is 0 Å². The molecule has 3 nitrogen and oxygen atoms in total. The molecular formula is C16H25BrN2O. The van der Waals surface area contributed by atoms with Crippen molar-refractivity contribution in [2.45, 2.75) is 46.6 Å². The maximum Gasteiger partial charge on any atom is 0.267 e. The van der Waals surface area contributed by atoms with E-state index < -0.39 is 0 Å². The molecule has 1 aromatic rings. The van der Waals surface area contributed by atoms with Crippen LogP contribution in [0.5, 0.6) is 0 Å². The van der Waals surface area contributed by atoms with E-state index in [9.17, 15) is 4.79 Å². The van der Waals surface area contributed by atoms with E-state index in [1.165, 1.54) is 12.8 Å². The Balaban J connectivity index is 2.01. The van der Waals surface area contributed by atoms with Gasteiger partial charge in [0.1, 0.15) is 5.69 Å². The zero-order valence-corrected chi connectivity index (χ0v) is 14.4. The molecule has 20 heavy (non-hydrogen) atoms. The lowest BCUT2D eigenvalue weighted by Crippen LogP contribution is -2.34. The van der Waals surface area contributed by atoms with Crippen LogP contribution in [0.4, 0.5) is 0 Å². The number of nitrogens with zero attached hydrogens (tertiary/aromatic N) is 1. The Morgan fingerprint density at radius 3 is 2.45 bits per heavy atom. The van der Waals surface area contributed by atoms with Crippen LogP contribution in [0.2, 0.25) is 0 Å². The highest BCUT2D eigenvalue weighted by molar-refractivity contribution is 9.10. The Bertz CT molecular complexity index is 467. The van der Waals surface area contributed by atoms with Crippen LogP contribution in [-0.4, -0.2) is 17.0 Å². The predicted octanol–water partition coefficient (Wildman–Crippen LogP) is 4.24. The molecular weight excluding hydrogens is 316 g/mol. The van der Waals surface area contributed by atoms with Gasteiger partial charge in [0.2, 0.25) is 0 Å². The molecule has 0 unspecified atom stereocenters. The molecule has 112 valence electrons. The fraction of sp³-hybridized carbons (Fsp3) is 0.688. The Morgan fingerprint density at radius 2 is 1.95 bits per heavy atom. The van der Waals surface area contributed by atoms with Crippen LogP contribution < -0.4 is 5.32 Å². The van der Waals surface area contributed by atoms with Gasteiger partial charge in [-0.1, -0.05) is 27.7 Å². The first-order chi connectivity index (χ1) is 9.40. The molecule has 1 aliphatic rings. The molecule has 1 amide bonds. The molecule has 1 aromatic heterocycles. The van der Waals surface area contributed by atoms with E-state index in [0.29, 0.717) is 23.8 Å². The molecule has 0 radical (unpaired) electrons. The zero-order valence-electron chi connectivity index (χ0n) is 12.8. The van der Waals surface area contributed by atoms with Crippen molar-refractivity contribution in [2.75, 3.05) is 6.54 Å². The van der Waals surface area contributed by atoms with Crippen LogP contribution in [0.15, 0.2) is 16.7 Å². The minimum atomic E-state index is 0.0499. The number of carbonyl (C=O) groups is 1. The monoisotopic (exact) mass is 340 g/mol. The largest absolute Gasteiger partial charge is 0.350 e. The van der Waals surface area contributed by atoms with Gasteiger partial charge in [-0.25, -0.2) is 0 Å². The molecule has 1 heterocycles. The number of hydrogen-bond acceptors (Lipinski definition) is 1. The number of amides is 1. The van der Waals surface area contributed by atoms with Crippen molar-refractivity contribution < 1.29 is 4.79 Å². The second-order valence-electron chi connectivity index (χ2n) is 6.54. The average Bonchev–Trinajstić information content (AvgIpc) is 3.11. The van der Waals surface area contributed by atoms with Gasteiger partial charge in [-0.05, 0) is 52.6 Å². The normalized spacial score (nSPS) is 15.4. The lowest BCUT2D eigenvalue weighted by molar-refractivity contribution is 0.0927. The number of nitrogens with one attached hydrogen (secondary N) is 1. The Hall–Kier alpha value is -0.770. The zero-order chi connectivity index (χ0) is 14.9. The SMILES string of the molecule is CC(C)C(CNC(=O)c1cc(Br)cn1C1CC1)C(C)C. The Labute approximate surface area is 130 Å².